The first-order chi connectivity index (χ1) is 15.8. The fraction of sp³-hybridized carbons (Fsp3) is 0.308. The van der Waals surface area contributed by atoms with Crippen LogP contribution in [0.15, 0.2) is 48.5 Å². The van der Waals surface area contributed by atoms with Gasteiger partial charge in [0.05, 0.1) is 12.1 Å². The minimum atomic E-state index is -0.706. The van der Waals surface area contributed by atoms with Gasteiger partial charge in [-0.25, -0.2) is 13.8 Å². The van der Waals surface area contributed by atoms with E-state index in [4.69, 9.17) is 4.98 Å². The Hall–Kier alpha value is -3.48. The topological polar surface area (TPSA) is 57.3 Å². The van der Waals surface area contributed by atoms with Crippen LogP contribution >= 0.6 is 0 Å². The second kappa shape index (κ2) is 10.9. The van der Waals surface area contributed by atoms with Crippen LogP contribution in [0.5, 0.6) is 0 Å². The number of carbonyl (C=O) groups is 1. The Bertz CT molecular complexity index is 1090. The summed E-state index contributed by atoms with van der Waals surface area (Å²) in [5.74, 6) is -0.438. The molecule has 2 N–H and O–H groups in total. The van der Waals surface area contributed by atoms with Crippen molar-refractivity contribution in [1.82, 2.24) is 4.98 Å². The van der Waals surface area contributed by atoms with Crippen LogP contribution in [0, 0.1) is 25.5 Å². The van der Waals surface area contributed by atoms with Gasteiger partial charge in [-0.2, -0.15) is 0 Å². The molecule has 0 aliphatic rings. The summed E-state index contributed by atoms with van der Waals surface area (Å²) in [6.07, 6.45) is -0.140. The van der Waals surface area contributed by atoms with Gasteiger partial charge in [0.15, 0.2) is 5.82 Å². The molecule has 0 unspecified atom stereocenters. The van der Waals surface area contributed by atoms with E-state index in [0.29, 0.717) is 37.0 Å². The van der Waals surface area contributed by atoms with Crippen LogP contribution in [-0.2, 0) is 17.8 Å². The van der Waals surface area contributed by atoms with Crippen LogP contribution in [0.1, 0.15) is 36.1 Å². The number of amides is 1. The Morgan fingerprint density at radius 1 is 0.970 bits per heavy atom. The molecule has 0 fully saturated rings. The lowest BCUT2D eigenvalue weighted by Gasteiger charge is -2.24. The van der Waals surface area contributed by atoms with Crippen LogP contribution in [0.25, 0.3) is 0 Å². The molecule has 7 heteroatoms. The molecule has 0 aliphatic carbocycles. The SMILES string of the molecule is CCN(CC)c1nc(NCc2c(C)cccc2C)ccc1NC(=O)Cc1cc(F)cc(F)c1. The highest BCUT2D eigenvalue weighted by Crippen LogP contribution is 2.27. The zero-order valence-corrected chi connectivity index (χ0v) is 19.5. The number of halogens is 2. The molecule has 2 aromatic carbocycles. The second-order valence-electron chi connectivity index (χ2n) is 7.97. The molecule has 1 aromatic heterocycles. The number of aromatic nitrogens is 1. The van der Waals surface area contributed by atoms with Crippen molar-refractivity contribution in [2.24, 2.45) is 0 Å². The molecule has 0 aliphatic heterocycles. The number of benzene rings is 2. The number of aryl methyl sites for hydroxylation is 2. The Morgan fingerprint density at radius 2 is 1.61 bits per heavy atom. The maximum absolute atomic E-state index is 13.5. The zero-order chi connectivity index (χ0) is 24.0. The van der Waals surface area contributed by atoms with Crippen LogP contribution in [0.4, 0.5) is 26.1 Å². The van der Waals surface area contributed by atoms with Crippen LogP contribution in [0.2, 0.25) is 0 Å². The molecular weight excluding hydrogens is 422 g/mol. The minimum Gasteiger partial charge on any atom is -0.366 e. The third-order valence-corrected chi connectivity index (χ3v) is 5.59. The molecule has 0 saturated heterocycles. The lowest BCUT2D eigenvalue weighted by atomic mass is 10.0. The number of nitrogens with one attached hydrogen (secondary N) is 2. The maximum atomic E-state index is 13.5. The number of hydrogen-bond donors (Lipinski definition) is 2. The third-order valence-electron chi connectivity index (χ3n) is 5.59. The summed E-state index contributed by atoms with van der Waals surface area (Å²) >= 11 is 0. The number of pyridine rings is 1. The van der Waals surface area contributed by atoms with E-state index in [1.54, 1.807) is 6.07 Å². The van der Waals surface area contributed by atoms with Crippen molar-refractivity contribution in [2.45, 2.75) is 40.7 Å². The van der Waals surface area contributed by atoms with Crippen LogP contribution < -0.4 is 15.5 Å². The lowest BCUT2D eigenvalue weighted by Crippen LogP contribution is -2.26. The van der Waals surface area contributed by atoms with E-state index >= 15 is 0 Å². The molecule has 0 radical (unpaired) electrons. The first-order valence-electron chi connectivity index (χ1n) is 11.1. The third kappa shape index (κ3) is 6.28. The van der Waals surface area contributed by atoms with E-state index in [2.05, 4.69) is 36.6 Å². The highest BCUT2D eigenvalue weighted by atomic mass is 19.1. The predicted molar refractivity (Wildman–Crippen MR) is 130 cm³/mol. The van der Waals surface area contributed by atoms with E-state index in [1.165, 1.54) is 16.7 Å². The van der Waals surface area contributed by atoms with Gasteiger partial charge in [-0.15, -0.1) is 0 Å². The Labute approximate surface area is 193 Å². The van der Waals surface area contributed by atoms with Gasteiger partial charge in [-0.3, -0.25) is 4.79 Å². The number of nitrogens with zero attached hydrogens (tertiary/aromatic N) is 2. The summed E-state index contributed by atoms with van der Waals surface area (Å²) in [7, 11) is 0. The summed E-state index contributed by atoms with van der Waals surface area (Å²) in [4.78, 5) is 19.4. The predicted octanol–water partition coefficient (Wildman–Crippen LogP) is 5.62. The van der Waals surface area contributed by atoms with Gasteiger partial charge in [0.2, 0.25) is 5.91 Å². The number of rotatable bonds is 9. The molecule has 174 valence electrons. The molecular formula is C26H30F2N4O. The van der Waals surface area contributed by atoms with Gasteiger partial charge < -0.3 is 15.5 Å². The smallest absolute Gasteiger partial charge is 0.228 e. The van der Waals surface area contributed by atoms with Crippen molar-refractivity contribution in [2.75, 3.05) is 28.6 Å². The molecule has 3 rings (SSSR count). The van der Waals surface area contributed by atoms with Crippen molar-refractivity contribution >= 4 is 23.2 Å². The van der Waals surface area contributed by atoms with Crippen LogP contribution in [0.3, 0.4) is 0 Å². The average molecular weight is 453 g/mol. The highest BCUT2D eigenvalue weighted by molar-refractivity contribution is 5.95. The van der Waals surface area contributed by atoms with E-state index in [9.17, 15) is 13.6 Å². The maximum Gasteiger partial charge on any atom is 0.228 e. The fourth-order valence-electron chi connectivity index (χ4n) is 3.81. The van der Waals surface area contributed by atoms with Crippen molar-refractivity contribution in [3.05, 3.63) is 82.4 Å². The summed E-state index contributed by atoms with van der Waals surface area (Å²) in [5, 5.41) is 6.24. The van der Waals surface area contributed by atoms with Gasteiger partial charge >= 0.3 is 0 Å². The summed E-state index contributed by atoms with van der Waals surface area (Å²) < 4.78 is 26.9. The normalized spacial score (nSPS) is 10.7. The molecule has 1 amide bonds. The largest absolute Gasteiger partial charge is 0.366 e. The van der Waals surface area contributed by atoms with E-state index in [0.717, 1.165) is 18.2 Å². The fourth-order valence-corrected chi connectivity index (χ4v) is 3.81. The number of hydrogen-bond acceptors (Lipinski definition) is 4. The molecule has 1 heterocycles. The quantitative estimate of drug-likeness (QED) is 0.443. The molecule has 0 saturated carbocycles. The Morgan fingerprint density at radius 3 is 2.21 bits per heavy atom. The van der Waals surface area contributed by atoms with Gasteiger partial charge in [0.1, 0.15) is 17.5 Å². The molecule has 3 aromatic rings. The van der Waals surface area contributed by atoms with Crippen molar-refractivity contribution in [3.8, 4) is 0 Å². The molecule has 0 bridgehead atoms. The highest BCUT2D eigenvalue weighted by Gasteiger charge is 2.15. The molecule has 0 atom stereocenters. The lowest BCUT2D eigenvalue weighted by molar-refractivity contribution is -0.115. The monoisotopic (exact) mass is 452 g/mol. The zero-order valence-electron chi connectivity index (χ0n) is 19.5. The standard InChI is InChI=1S/C26H30F2N4O/c1-5-32(6-2)26-23(30-25(33)14-19-12-20(27)15-21(28)13-19)10-11-24(31-26)29-16-22-17(3)8-7-9-18(22)4/h7-13,15H,5-6,14,16H2,1-4H3,(H,29,31)(H,30,33). The number of carbonyl (C=O) groups excluding carboxylic acids is 1. The molecule has 5 nitrogen and oxygen atoms in total. The minimum absolute atomic E-state index is 0.140. The van der Waals surface area contributed by atoms with Gasteiger partial charge in [0.25, 0.3) is 0 Å². The van der Waals surface area contributed by atoms with E-state index in [-0.39, 0.29) is 17.9 Å². The summed E-state index contributed by atoms with van der Waals surface area (Å²) in [6, 6.07) is 12.9. The number of anilines is 3. The van der Waals surface area contributed by atoms with Crippen LogP contribution in [-0.4, -0.2) is 24.0 Å². The van der Waals surface area contributed by atoms with Gasteiger partial charge in [0, 0.05) is 25.7 Å². The summed E-state index contributed by atoms with van der Waals surface area (Å²) in [6.45, 7) is 10.3. The van der Waals surface area contributed by atoms with Crippen molar-refractivity contribution < 1.29 is 13.6 Å². The molecule has 33 heavy (non-hydrogen) atoms. The van der Waals surface area contributed by atoms with Gasteiger partial charge in [-0.1, -0.05) is 18.2 Å². The summed E-state index contributed by atoms with van der Waals surface area (Å²) in [5.41, 5.74) is 4.48. The first-order valence-corrected chi connectivity index (χ1v) is 11.1. The van der Waals surface area contributed by atoms with Crippen molar-refractivity contribution in [3.63, 3.8) is 0 Å². The van der Waals surface area contributed by atoms with Crippen molar-refractivity contribution in [1.29, 1.82) is 0 Å². The van der Waals surface area contributed by atoms with E-state index in [1.807, 2.05) is 30.9 Å². The average Bonchev–Trinajstić information content (AvgIpc) is 2.75. The second-order valence-corrected chi connectivity index (χ2v) is 7.97. The van der Waals surface area contributed by atoms with Gasteiger partial charge in [-0.05, 0) is 74.2 Å². The first kappa shape index (κ1) is 24.2. The Balaban J connectivity index is 1.80. The molecule has 0 spiro atoms. The Kier molecular flexibility index (Phi) is 7.98. The van der Waals surface area contributed by atoms with E-state index < -0.39 is 11.6 Å².